The molecule has 2 aromatic rings. The Kier molecular flexibility index (Phi) is 6.74. The summed E-state index contributed by atoms with van der Waals surface area (Å²) in [6.07, 6.45) is 5.48. The number of anilines is 3. The summed E-state index contributed by atoms with van der Waals surface area (Å²) in [6, 6.07) is 12.9. The molecule has 0 atom stereocenters. The van der Waals surface area contributed by atoms with Crippen LogP contribution in [0.4, 0.5) is 17.1 Å². The zero-order chi connectivity index (χ0) is 22.6. The van der Waals surface area contributed by atoms with Gasteiger partial charge in [0.1, 0.15) is 0 Å². The summed E-state index contributed by atoms with van der Waals surface area (Å²) in [4.78, 5) is 14.8. The van der Waals surface area contributed by atoms with Crippen LogP contribution in [-0.4, -0.2) is 47.0 Å². The van der Waals surface area contributed by atoms with Crippen molar-refractivity contribution >= 4 is 33.0 Å². The van der Waals surface area contributed by atoms with Gasteiger partial charge in [0, 0.05) is 43.5 Å². The van der Waals surface area contributed by atoms with Crippen molar-refractivity contribution in [1.29, 1.82) is 0 Å². The Morgan fingerprint density at radius 1 is 1.03 bits per heavy atom. The molecule has 0 saturated carbocycles. The van der Waals surface area contributed by atoms with Gasteiger partial charge in [0.2, 0.25) is 22.7 Å². The van der Waals surface area contributed by atoms with E-state index < -0.39 is 10.0 Å². The Balaban J connectivity index is 1.30. The van der Waals surface area contributed by atoms with Crippen LogP contribution < -0.4 is 24.0 Å². The molecule has 2 heterocycles. The van der Waals surface area contributed by atoms with Crippen molar-refractivity contribution in [2.75, 3.05) is 47.2 Å². The van der Waals surface area contributed by atoms with Crippen LogP contribution >= 0.6 is 0 Å². The molecule has 2 aromatic carbocycles. The Hall–Kier alpha value is -2.94. The van der Waals surface area contributed by atoms with Crippen molar-refractivity contribution in [2.45, 2.75) is 32.1 Å². The van der Waals surface area contributed by atoms with E-state index in [1.165, 1.54) is 29.3 Å². The number of carbonyl (C=O) groups excluding carboxylic acids is 1. The summed E-state index contributed by atoms with van der Waals surface area (Å²) in [5.74, 6) is 0.963. The van der Waals surface area contributed by atoms with Gasteiger partial charge in [-0.3, -0.25) is 9.10 Å². The standard InChI is InChI=1S/C23H29N3O5S/c1-32(28,29)26(20-11-12-21-22(16-20)31-17-30-21)15-5-6-23(27)24-18-7-9-19(10-8-18)25-13-3-2-4-14-25/h7-12,16H,2-6,13-15,17H2,1H3,(H,24,27). The first-order chi connectivity index (χ1) is 15.4. The molecule has 0 aromatic heterocycles. The van der Waals surface area contributed by atoms with Crippen LogP contribution in [0.2, 0.25) is 0 Å². The molecule has 172 valence electrons. The van der Waals surface area contributed by atoms with E-state index in [1.54, 1.807) is 18.2 Å². The maximum Gasteiger partial charge on any atom is 0.232 e. The summed E-state index contributed by atoms with van der Waals surface area (Å²) in [5, 5.41) is 2.90. The van der Waals surface area contributed by atoms with Crippen molar-refractivity contribution in [3.05, 3.63) is 42.5 Å². The molecule has 0 unspecified atom stereocenters. The average molecular weight is 460 g/mol. The molecule has 4 rings (SSSR count). The van der Waals surface area contributed by atoms with Gasteiger partial charge in [-0.25, -0.2) is 8.42 Å². The van der Waals surface area contributed by atoms with E-state index in [0.29, 0.717) is 23.6 Å². The second-order valence-electron chi connectivity index (χ2n) is 8.12. The van der Waals surface area contributed by atoms with Gasteiger partial charge in [-0.1, -0.05) is 0 Å². The van der Waals surface area contributed by atoms with E-state index in [4.69, 9.17) is 9.47 Å². The lowest BCUT2D eigenvalue weighted by atomic mass is 10.1. The van der Waals surface area contributed by atoms with Crippen LogP contribution in [0.15, 0.2) is 42.5 Å². The number of sulfonamides is 1. The summed E-state index contributed by atoms with van der Waals surface area (Å²) in [6.45, 7) is 2.47. The number of hydrogen-bond donors (Lipinski definition) is 1. The van der Waals surface area contributed by atoms with E-state index in [0.717, 1.165) is 25.0 Å². The number of rotatable bonds is 8. The molecule has 0 aliphatic carbocycles. The smallest absolute Gasteiger partial charge is 0.232 e. The fourth-order valence-electron chi connectivity index (χ4n) is 4.04. The number of benzene rings is 2. The number of piperidine rings is 1. The summed E-state index contributed by atoms with van der Waals surface area (Å²) in [5.41, 5.74) is 2.41. The highest BCUT2D eigenvalue weighted by molar-refractivity contribution is 7.92. The van der Waals surface area contributed by atoms with Gasteiger partial charge in [-0.15, -0.1) is 0 Å². The molecule has 9 heteroatoms. The highest BCUT2D eigenvalue weighted by Gasteiger charge is 2.21. The number of nitrogens with one attached hydrogen (secondary N) is 1. The summed E-state index contributed by atoms with van der Waals surface area (Å²) in [7, 11) is -3.51. The van der Waals surface area contributed by atoms with E-state index in [2.05, 4.69) is 10.2 Å². The zero-order valence-electron chi connectivity index (χ0n) is 18.2. The van der Waals surface area contributed by atoms with E-state index in [9.17, 15) is 13.2 Å². The van der Waals surface area contributed by atoms with Crippen LogP contribution in [0.3, 0.4) is 0 Å². The third-order valence-electron chi connectivity index (χ3n) is 5.68. The van der Waals surface area contributed by atoms with Crippen molar-refractivity contribution in [3.8, 4) is 11.5 Å². The molecule has 2 aliphatic heterocycles. The first-order valence-electron chi connectivity index (χ1n) is 10.9. The largest absolute Gasteiger partial charge is 0.454 e. The third kappa shape index (κ3) is 5.45. The van der Waals surface area contributed by atoms with Crippen molar-refractivity contribution in [2.24, 2.45) is 0 Å². The first-order valence-corrected chi connectivity index (χ1v) is 12.8. The van der Waals surface area contributed by atoms with E-state index in [1.807, 2.05) is 24.3 Å². The lowest BCUT2D eigenvalue weighted by molar-refractivity contribution is -0.116. The van der Waals surface area contributed by atoms with Crippen LogP contribution in [0, 0.1) is 0 Å². The highest BCUT2D eigenvalue weighted by atomic mass is 32.2. The van der Waals surface area contributed by atoms with Crippen LogP contribution in [0.1, 0.15) is 32.1 Å². The quantitative estimate of drug-likeness (QED) is 0.649. The maximum atomic E-state index is 12.4. The molecule has 0 radical (unpaired) electrons. The molecule has 8 nitrogen and oxygen atoms in total. The number of ether oxygens (including phenoxy) is 2. The monoisotopic (exact) mass is 459 g/mol. The van der Waals surface area contributed by atoms with Crippen molar-refractivity contribution in [3.63, 3.8) is 0 Å². The molecular formula is C23H29N3O5S. The Bertz CT molecular complexity index is 1050. The molecule has 0 bridgehead atoms. The Morgan fingerprint density at radius 2 is 1.75 bits per heavy atom. The Morgan fingerprint density at radius 3 is 2.47 bits per heavy atom. The van der Waals surface area contributed by atoms with Gasteiger partial charge in [-0.05, 0) is 62.1 Å². The molecular weight excluding hydrogens is 430 g/mol. The predicted octanol–water partition coefficient (Wildman–Crippen LogP) is 3.59. The van der Waals surface area contributed by atoms with Gasteiger partial charge in [-0.2, -0.15) is 0 Å². The molecule has 2 aliphatic rings. The zero-order valence-corrected chi connectivity index (χ0v) is 19.1. The predicted molar refractivity (Wildman–Crippen MR) is 125 cm³/mol. The normalized spacial score (nSPS) is 15.5. The molecule has 1 amide bonds. The molecule has 1 saturated heterocycles. The average Bonchev–Trinajstić information content (AvgIpc) is 3.25. The fraction of sp³-hybridized carbons (Fsp3) is 0.435. The fourth-order valence-corrected chi connectivity index (χ4v) is 5.00. The molecule has 1 N–H and O–H groups in total. The second kappa shape index (κ2) is 9.68. The number of carbonyl (C=O) groups is 1. The van der Waals surface area contributed by atoms with Crippen LogP contribution in [-0.2, 0) is 14.8 Å². The van der Waals surface area contributed by atoms with Gasteiger partial charge >= 0.3 is 0 Å². The van der Waals surface area contributed by atoms with E-state index >= 15 is 0 Å². The second-order valence-corrected chi connectivity index (χ2v) is 10.0. The van der Waals surface area contributed by atoms with Gasteiger partial charge < -0.3 is 19.7 Å². The number of amides is 1. The number of hydrogen-bond acceptors (Lipinski definition) is 6. The lowest BCUT2D eigenvalue weighted by Crippen LogP contribution is -2.31. The number of fused-ring (bicyclic) bond motifs is 1. The first kappa shape index (κ1) is 22.3. The molecule has 0 spiro atoms. The SMILES string of the molecule is CS(=O)(=O)N(CCCC(=O)Nc1ccc(N2CCCCC2)cc1)c1ccc2c(c1)OCO2. The minimum absolute atomic E-state index is 0.122. The van der Waals surface area contributed by atoms with Gasteiger partial charge in [0.15, 0.2) is 11.5 Å². The number of nitrogens with zero attached hydrogens (tertiary/aromatic N) is 2. The molecule has 32 heavy (non-hydrogen) atoms. The summed E-state index contributed by atoms with van der Waals surface area (Å²) >= 11 is 0. The minimum atomic E-state index is -3.51. The van der Waals surface area contributed by atoms with Crippen LogP contribution in [0.5, 0.6) is 11.5 Å². The lowest BCUT2D eigenvalue weighted by Gasteiger charge is -2.28. The van der Waals surface area contributed by atoms with Crippen molar-refractivity contribution < 1.29 is 22.7 Å². The molecule has 1 fully saturated rings. The van der Waals surface area contributed by atoms with Gasteiger partial charge in [0.05, 0.1) is 11.9 Å². The topological polar surface area (TPSA) is 88.2 Å². The maximum absolute atomic E-state index is 12.4. The van der Waals surface area contributed by atoms with Gasteiger partial charge in [0.25, 0.3) is 0 Å². The van der Waals surface area contributed by atoms with Crippen molar-refractivity contribution in [1.82, 2.24) is 0 Å². The third-order valence-corrected chi connectivity index (χ3v) is 6.88. The Labute approximate surface area is 189 Å². The summed E-state index contributed by atoms with van der Waals surface area (Å²) < 4.78 is 36.5. The van der Waals surface area contributed by atoms with Crippen LogP contribution in [0.25, 0.3) is 0 Å². The minimum Gasteiger partial charge on any atom is -0.454 e. The van der Waals surface area contributed by atoms with E-state index in [-0.39, 0.29) is 25.7 Å². The highest BCUT2D eigenvalue weighted by Crippen LogP contribution is 2.36.